The van der Waals surface area contributed by atoms with Gasteiger partial charge in [0.05, 0.1) is 22.5 Å². The molecule has 2 aromatic heterocycles. The number of hydrogen-bond donors (Lipinski definition) is 1. The van der Waals surface area contributed by atoms with Crippen LogP contribution in [0.2, 0.25) is 5.02 Å². The first-order chi connectivity index (χ1) is 14.9. The maximum atomic E-state index is 12.7. The number of halogens is 1. The van der Waals surface area contributed by atoms with Crippen LogP contribution in [-0.4, -0.2) is 31.5 Å². The average molecular weight is 450 g/mol. The molecule has 7 nitrogen and oxygen atoms in total. The highest BCUT2D eigenvalue weighted by Gasteiger charge is 2.36. The molecule has 0 bridgehead atoms. The first-order valence-corrected chi connectivity index (χ1v) is 10.6. The van der Waals surface area contributed by atoms with Gasteiger partial charge in [-0.1, -0.05) is 23.7 Å². The molecule has 0 saturated carbocycles. The van der Waals surface area contributed by atoms with Gasteiger partial charge < -0.3 is 8.98 Å². The van der Waals surface area contributed by atoms with E-state index in [4.69, 9.17) is 21.4 Å². The zero-order valence-electron chi connectivity index (χ0n) is 16.6. The number of para-hydroxylation sites is 1. The van der Waals surface area contributed by atoms with Gasteiger partial charge in [0.1, 0.15) is 0 Å². The van der Waals surface area contributed by atoms with Crippen LogP contribution in [0.4, 0.5) is 0 Å². The van der Waals surface area contributed by atoms with Crippen molar-refractivity contribution in [2.24, 2.45) is 10.1 Å². The summed E-state index contributed by atoms with van der Waals surface area (Å²) in [6.07, 6.45) is 3.24. The lowest BCUT2D eigenvalue weighted by Gasteiger charge is -2.20. The SMILES string of the molecule is Cc1cc(/C=C2\C(=N)N3N=C(c4ccco4)SC3=NC2=O)c(C)n1-c1ccccc1Cl. The van der Waals surface area contributed by atoms with E-state index in [-0.39, 0.29) is 11.4 Å². The number of benzene rings is 1. The monoisotopic (exact) mass is 449 g/mol. The maximum Gasteiger partial charge on any atom is 0.283 e. The lowest BCUT2D eigenvalue weighted by Crippen LogP contribution is -2.35. The second-order valence-electron chi connectivity index (χ2n) is 7.02. The predicted octanol–water partition coefficient (Wildman–Crippen LogP) is 5.01. The molecule has 0 atom stereocenters. The maximum absolute atomic E-state index is 12.7. The van der Waals surface area contributed by atoms with E-state index in [9.17, 15) is 4.79 Å². The Morgan fingerprint density at radius 2 is 2.00 bits per heavy atom. The van der Waals surface area contributed by atoms with E-state index in [0.29, 0.717) is 21.0 Å². The van der Waals surface area contributed by atoms with E-state index >= 15 is 0 Å². The highest BCUT2D eigenvalue weighted by molar-refractivity contribution is 8.27. The van der Waals surface area contributed by atoms with E-state index < -0.39 is 5.91 Å². The number of amides is 1. The van der Waals surface area contributed by atoms with Gasteiger partial charge >= 0.3 is 0 Å². The minimum atomic E-state index is -0.470. The second-order valence-corrected chi connectivity index (χ2v) is 8.38. The Balaban J connectivity index is 1.54. The first-order valence-electron chi connectivity index (χ1n) is 9.42. The normalized spacial score (nSPS) is 17.3. The highest BCUT2D eigenvalue weighted by atomic mass is 35.5. The van der Waals surface area contributed by atoms with Gasteiger partial charge in [-0.3, -0.25) is 10.2 Å². The number of rotatable bonds is 3. The number of aryl methyl sites for hydroxylation is 1. The first kappa shape index (κ1) is 19.6. The number of furan rings is 1. The molecule has 0 aliphatic carbocycles. The van der Waals surface area contributed by atoms with Gasteiger partial charge in [0.25, 0.3) is 5.91 Å². The summed E-state index contributed by atoms with van der Waals surface area (Å²) < 4.78 is 7.40. The molecule has 1 aromatic carbocycles. The van der Waals surface area contributed by atoms with Crippen LogP contribution in [0.25, 0.3) is 11.8 Å². The van der Waals surface area contributed by atoms with Gasteiger partial charge in [-0.2, -0.15) is 15.1 Å². The lowest BCUT2D eigenvalue weighted by molar-refractivity contribution is -0.114. The molecule has 5 rings (SSSR count). The smallest absolute Gasteiger partial charge is 0.283 e. The summed E-state index contributed by atoms with van der Waals surface area (Å²) in [5.41, 5.74) is 3.72. The number of thioether (sulfide) groups is 1. The Hall–Kier alpha value is -3.36. The molecule has 0 radical (unpaired) electrons. The van der Waals surface area contributed by atoms with Crippen molar-refractivity contribution in [1.82, 2.24) is 9.58 Å². The molecule has 154 valence electrons. The number of aromatic nitrogens is 1. The minimum absolute atomic E-state index is 0.0217. The standard InChI is InChI=1S/C22H16ClN5O2S/c1-12-10-14(13(2)27(12)17-7-4-3-6-16(17)23)11-15-19(24)28-22(25-20(15)29)31-21(26-28)18-8-5-9-30-18/h3-11,24H,1-2H3/b15-11+,24-19?. The average Bonchev–Trinajstić information content (AvgIpc) is 3.46. The van der Waals surface area contributed by atoms with Gasteiger partial charge in [0.15, 0.2) is 16.6 Å². The largest absolute Gasteiger partial charge is 0.462 e. The van der Waals surface area contributed by atoms with Crippen LogP contribution >= 0.6 is 23.4 Å². The van der Waals surface area contributed by atoms with E-state index in [2.05, 4.69) is 10.1 Å². The summed E-state index contributed by atoms with van der Waals surface area (Å²) in [7, 11) is 0. The number of fused-ring (bicyclic) bond motifs is 1. The summed E-state index contributed by atoms with van der Waals surface area (Å²) in [6.45, 7) is 3.92. The topological polar surface area (TPSA) is 87.0 Å². The van der Waals surface area contributed by atoms with Crippen LogP contribution < -0.4 is 0 Å². The number of amidine groups is 2. The molecule has 1 N–H and O–H groups in total. The van der Waals surface area contributed by atoms with Crippen LogP contribution in [0.5, 0.6) is 0 Å². The Morgan fingerprint density at radius 1 is 1.19 bits per heavy atom. The second kappa shape index (κ2) is 7.40. The molecule has 0 fully saturated rings. The van der Waals surface area contributed by atoms with Crippen molar-refractivity contribution in [3.63, 3.8) is 0 Å². The minimum Gasteiger partial charge on any atom is -0.462 e. The van der Waals surface area contributed by atoms with Crippen molar-refractivity contribution >= 4 is 51.4 Å². The van der Waals surface area contributed by atoms with E-state index in [0.717, 1.165) is 22.6 Å². The number of nitrogens with one attached hydrogen (secondary N) is 1. The number of hydrogen-bond acceptors (Lipinski definition) is 5. The van der Waals surface area contributed by atoms with Gasteiger partial charge in [-0.15, -0.1) is 0 Å². The van der Waals surface area contributed by atoms with E-state index in [1.807, 2.05) is 48.7 Å². The van der Waals surface area contributed by atoms with Gasteiger partial charge in [-0.25, -0.2) is 0 Å². The summed E-state index contributed by atoms with van der Waals surface area (Å²) >= 11 is 7.59. The third kappa shape index (κ3) is 3.24. The fourth-order valence-corrected chi connectivity index (χ4v) is 4.66. The molecule has 0 unspecified atom stereocenters. The third-order valence-electron chi connectivity index (χ3n) is 5.05. The number of carbonyl (C=O) groups excluding carboxylic acids is 1. The van der Waals surface area contributed by atoms with E-state index in [1.54, 1.807) is 24.5 Å². The zero-order valence-corrected chi connectivity index (χ0v) is 18.2. The molecule has 4 heterocycles. The fourth-order valence-electron chi connectivity index (χ4n) is 3.58. The van der Waals surface area contributed by atoms with Crippen LogP contribution in [0.15, 0.2) is 68.8 Å². The van der Waals surface area contributed by atoms with Crippen LogP contribution in [-0.2, 0) is 4.79 Å². The zero-order chi connectivity index (χ0) is 21.7. The van der Waals surface area contributed by atoms with Crippen molar-refractivity contribution in [2.75, 3.05) is 0 Å². The van der Waals surface area contributed by atoms with Crippen LogP contribution in [0.3, 0.4) is 0 Å². The Labute approximate surface area is 187 Å². The van der Waals surface area contributed by atoms with E-state index in [1.165, 1.54) is 16.8 Å². The number of nitrogens with zero attached hydrogens (tertiary/aromatic N) is 4. The predicted molar refractivity (Wildman–Crippen MR) is 123 cm³/mol. The highest BCUT2D eigenvalue weighted by Crippen LogP contribution is 2.32. The summed E-state index contributed by atoms with van der Waals surface area (Å²) in [6, 6.07) is 13.1. The molecule has 2 aliphatic rings. The molecule has 3 aromatic rings. The van der Waals surface area contributed by atoms with Crippen molar-refractivity contribution in [3.8, 4) is 5.69 Å². The van der Waals surface area contributed by atoms with Gasteiger partial charge in [0, 0.05) is 11.4 Å². The van der Waals surface area contributed by atoms with Crippen molar-refractivity contribution in [3.05, 3.63) is 82.0 Å². The third-order valence-corrected chi connectivity index (χ3v) is 6.29. The Kier molecular flexibility index (Phi) is 4.68. The molecular formula is C22H16ClN5O2S. The number of hydrazone groups is 1. The fraction of sp³-hybridized carbons (Fsp3) is 0.0909. The number of aliphatic imine (C=N–C) groups is 1. The molecule has 0 spiro atoms. The van der Waals surface area contributed by atoms with Crippen molar-refractivity contribution < 1.29 is 9.21 Å². The quantitative estimate of drug-likeness (QED) is 0.569. The molecule has 9 heteroatoms. The Morgan fingerprint density at radius 3 is 2.74 bits per heavy atom. The van der Waals surface area contributed by atoms with Crippen LogP contribution in [0, 0.1) is 19.3 Å². The van der Waals surface area contributed by atoms with Gasteiger partial charge in [0.2, 0.25) is 5.17 Å². The Bertz CT molecular complexity index is 1330. The molecule has 0 saturated heterocycles. The van der Waals surface area contributed by atoms with Gasteiger partial charge in [-0.05, 0) is 67.6 Å². The molecular weight excluding hydrogens is 434 g/mol. The summed E-state index contributed by atoms with van der Waals surface area (Å²) in [5, 5.41) is 15.9. The lowest BCUT2D eigenvalue weighted by atomic mass is 10.1. The molecule has 1 amide bonds. The molecule has 2 aliphatic heterocycles. The summed E-state index contributed by atoms with van der Waals surface area (Å²) in [4.78, 5) is 16.9. The summed E-state index contributed by atoms with van der Waals surface area (Å²) in [5.74, 6) is 0.0740. The number of carbonyl (C=O) groups is 1. The van der Waals surface area contributed by atoms with Crippen LogP contribution in [0.1, 0.15) is 22.7 Å². The molecule has 31 heavy (non-hydrogen) atoms. The van der Waals surface area contributed by atoms with Crippen molar-refractivity contribution in [2.45, 2.75) is 13.8 Å². The van der Waals surface area contributed by atoms with Crippen molar-refractivity contribution in [1.29, 1.82) is 5.41 Å².